The number of halogens is 4. The van der Waals surface area contributed by atoms with E-state index in [9.17, 15) is 13.2 Å². The molecule has 0 aliphatic rings. The standard InChI is InChI=1S/C21H16ClF3N4S/c1-3-30-17-8-13(12-4-6-14(22)7-5-12)10-27-19(17)20-28-15-9-18(21(23,24)25)26-11-16(15)29(20)2/h4-11H,3H2,1-2H3. The molecule has 3 aromatic heterocycles. The molecule has 0 spiro atoms. The summed E-state index contributed by atoms with van der Waals surface area (Å²) in [6, 6.07) is 10.4. The van der Waals surface area contributed by atoms with Crippen molar-refractivity contribution in [2.24, 2.45) is 7.05 Å². The minimum Gasteiger partial charge on any atom is -0.325 e. The number of hydrogen-bond donors (Lipinski definition) is 0. The molecule has 4 nitrogen and oxygen atoms in total. The summed E-state index contributed by atoms with van der Waals surface area (Å²) in [5.74, 6) is 1.30. The molecule has 0 saturated carbocycles. The van der Waals surface area contributed by atoms with Crippen LogP contribution >= 0.6 is 23.4 Å². The number of benzene rings is 1. The second-order valence-corrected chi connectivity index (χ2v) is 8.30. The Hall–Kier alpha value is -2.58. The van der Waals surface area contributed by atoms with Gasteiger partial charge in [-0.3, -0.25) is 4.98 Å². The van der Waals surface area contributed by atoms with Crippen molar-refractivity contribution in [2.45, 2.75) is 18.0 Å². The van der Waals surface area contributed by atoms with Gasteiger partial charge in [-0.2, -0.15) is 13.2 Å². The third kappa shape index (κ3) is 3.89. The fourth-order valence-corrected chi connectivity index (χ4v) is 4.06. The van der Waals surface area contributed by atoms with Crippen LogP contribution in [-0.4, -0.2) is 25.3 Å². The highest BCUT2D eigenvalue weighted by Crippen LogP contribution is 2.35. The van der Waals surface area contributed by atoms with Crippen LogP contribution in [0.5, 0.6) is 0 Å². The molecule has 9 heteroatoms. The largest absolute Gasteiger partial charge is 0.433 e. The Bertz CT molecular complexity index is 1220. The smallest absolute Gasteiger partial charge is 0.325 e. The maximum absolute atomic E-state index is 13.0. The molecule has 0 bridgehead atoms. The molecular formula is C21H16ClF3N4S. The third-order valence-electron chi connectivity index (χ3n) is 4.60. The van der Waals surface area contributed by atoms with E-state index in [1.54, 1.807) is 29.6 Å². The van der Waals surface area contributed by atoms with Gasteiger partial charge in [0.15, 0.2) is 5.82 Å². The van der Waals surface area contributed by atoms with Crippen molar-refractivity contribution in [3.05, 3.63) is 59.5 Å². The Morgan fingerprint density at radius 2 is 1.77 bits per heavy atom. The summed E-state index contributed by atoms with van der Waals surface area (Å²) in [6.45, 7) is 2.03. The van der Waals surface area contributed by atoms with E-state index < -0.39 is 11.9 Å². The zero-order valence-electron chi connectivity index (χ0n) is 16.0. The number of aryl methyl sites for hydroxylation is 1. The van der Waals surface area contributed by atoms with E-state index in [1.807, 2.05) is 37.3 Å². The lowest BCUT2D eigenvalue weighted by Crippen LogP contribution is -2.07. The predicted molar refractivity (Wildman–Crippen MR) is 114 cm³/mol. The van der Waals surface area contributed by atoms with Gasteiger partial charge in [0.05, 0.1) is 17.2 Å². The van der Waals surface area contributed by atoms with Gasteiger partial charge in [-0.15, -0.1) is 11.8 Å². The first-order valence-electron chi connectivity index (χ1n) is 9.06. The molecular weight excluding hydrogens is 433 g/mol. The molecule has 0 amide bonds. The van der Waals surface area contributed by atoms with Gasteiger partial charge in [-0.05, 0) is 35.6 Å². The first-order chi connectivity index (χ1) is 14.3. The summed E-state index contributed by atoms with van der Waals surface area (Å²) < 4.78 is 40.8. The van der Waals surface area contributed by atoms with Gasteiger partial charge >= 0.3 is 6.18 Å². The lowest BCUT2D eigenvalue weighted by molar-refractivity contribution is -0.141. The number of fused-ring (bicyclic) bond motifs is 1. The quantitative estimate of drug-likeness (QED) is 0.335. The number of imidazole rings is 1. The second kappa shape index (κ2) is 7.92. The van der Waals surface area contributed by atoms with Crippen molar-refractivity contribution in [1.29, 1.82) is 0 Å². The summed E-state index contributed by atoms with van der Waals surface area (Å²) in [4.78, 5) is 13.5. The normalized spacial score (nSPS) is 11.9. The van der Waals surface area contributed by atoms with Gasteiger partial charge in [-0.1, -0.05) is 30.7 Å². The van der Waals surface area contributed by atoms with Gasteiger partial charge in [0.25, 0.3) is 0 Å². The van der Waals surface area contributed by atoms with E-state index in [-0.39, 0.29) is 5.52 Å². The lowest BCUT2D eigenvalue weighted by Gasteiger charge is -2.10. The van der Waals surface area contributed by atoms with Gasteiger partial charge < -0.3 is 4.57 Å². The predicted octanol–water partition coefficient (Wildman–Crippen LogP) is 6.48. The number of nitrogens with zero attached hydrogens (tertiary/aromatic N) is 4. The van der Waals surface area contributed by atoms with E-state index in [0.717, 1.165) is 27.8 Å². The molecule has 0 radical (unpaired) electrons. The maximum atomic E-state index is 13.0. The molecule has 0 fully saturated rings. The van der Waals surface area contributed by atoms with Crippen molar-refractivity contribution >= 4 is 34.4 Å². The van der Waals surface area contributed by atoms with Crippen molar-refractivity contribution in [3.8, 4) is 22.6 Å². The monoisotopic (exact) mass is 448 g/mol. The molecule has 0 aliphatic carbocycles. The molecule has 4 aromatic rings. The molecule has 0 N–H and O–H groups in total. The van der Waals surface area contributed by atoms with Gasteiger partial charge in [0.1, 0.15) is 11.4 Å². The van der Waals surface area contributed by atoms with Crippen LogP contribution in [0.1, 0.15) is 12.6 Å². The number of hydrogen-bond acceptors (Lipinski definition) is 4. The average molecular weight is 449 g/mol. The van der Waals surface area contributed by atoms with E-state index in [2.05, 4.69) is 15.0 Å². The van der Waals surface area contributed by atoms with E-state index in [4.69, 9.17) is 11.6 Å². The Balaban J connectivity index is 1.83. The van der Waals surface area contributed by atoms with Crippen LogP contribution in [-0.2, 0) is 13.2 Å². The van der Waals surface area contributed by atoms with Crippen LogP contribution in [0.25, 0.3) is 33.7 Å². The average Bonchev–Trinajstić information content (AvgIpc) is 3.04. The maximum Gasteiger partial charge on any atom is 0.433 e. The molecule has 0 atom stereocenters. The Morgan fingerprint density at radius 3 is 2.43 bits per heavy atom. The van der Waals surface area contributed by atoms with Crippen LogP contribution in [0.2, 0.25) is 5.02 Å². The van der Waals surface area contributed by atoms with Crippen LogP contribution in [0.15, 0.2) is 53.7 Å². The highest BCUT2D eigenvalue weighted by Gasteiger charge is 2.33. The summed E-state index contributed by atoms with van der Waals surface area (Å²) >= 11 is 7.57. The van der Waals surface area contributed by atoms with Gasteiger partial charge in [0, 0.05) is 28.7 Å². The van der Waals surface area contributed by atoms with Gasteiger partial charge in [-0.25, -0.2) is 9.97 Å². The second-order valence-electron chi connectivity index (χ2n) is 6.56. The van der Waals surface area contributed by atoms with Crippen molar-refractivity contribution < 1.29 is 13.2 Å². The highest BCUT2D eigenvalue weighted by atomic mass is 35.5. The molecule has 1 aromatic carbocycles. The van der Waals surface area contributed by atoms with Crippen molar-refractivity contribution in [2.75, 3.05) is 5.75 Å². The Morgan fingerprint density at radius 1 is 1.03 bits per heavy atom. The SMILES string of the molecule is CCSc1cc(-c2ccc(Cl)cc2)cnc1-c1nc2cc(C(F)(F)F)ncc2n1C. The van der Waals surface area contributed by atoms with Crippen LogP contribution < -0.4 is 0 Å². The molecule has 154 valence electrons. The Kier molecular flexibility index (Phi) is 5.46. The summed E-state index contributed by atoms with van der Waals surface area (Å²) in [5, 5.41) is 0.651. The Labute approximate surface area is 180 Å². The third-order valence-corrected chi connectivity index (χ3v) is 5.76. The van der Waals surface area contributed by atoms with Crippen molar-refractivity contribution in [1.82, 2.24) is 19.5 Å². The molecule has 0 unspecified atom stereocenters. The first kappa shape index (κ1) is 20.7. The number of alkyl halides is 3. The van der Waals surface area contributed by atoms with E-state index >= 15 is 0 Å². The number of rotatable bonds is 4. The number of pyridine rings is 2. The lowest BCUT2D eigenvalue weighted by atomic mass is 10.1. The van der Waals surface area contributed by atoms with E-state index in [0.29, 0.717) is 22.1 Å². The molecule has 3 heterocycles. The molecule has 0 saturated heterocycles. The fourth-order valence-electron chi connectivity index (χ4n) is 3.13. The molecule has 0 aliphatic heterocycles. The number of thioether (sulfide) groups is 1. The zero-order valence-corrected chi connectivity index (χ0v) is 17.6. The minimum atomic E-state index is -4.52. The van der Waals surface area contributed by atoms with E-state index in [1.165, 1.54) is 6.20 Å². The van der Waals surface area contributed by atoms with Crippen LogP contribution in [0, 0.1) is 0 Å². The van der Waals surface area contributed by atoms with Crippen molar-refractivity contribution in [3.63, 3.8) is 0 Å². The molecule has 4 rings (SSSR count). The topological polar surface area (TPSA) is 43.6 Å². The number of aromatic nitrogens is 4. The van der Waals surface area contributed by atoms with Gasteiger partial charge in [0.2, 0.25) is 0 Å². The zero-order chi connectivity index (χ0) is 21.5. The molecule has 30 heavy (non-hydrogen) atoms. The first-order valence-corrected chi connectivity index (χ1v) is 10.4. The summed E-state index contributed by atoms with van der Waals surface area (Å²) in [7, 11) is 1.74. The summed E-state index contributed by atoms with van der Waals surface area (Å²) in [5.41, 5.74) is 2.28. The highest BCUT2D eigenvalue weighted by molar-refractivity contribution is 7.99. The van der Waals surface area contributed by atoms with Crippen LogP contribution in [0.3, 0.4) is 0 Å². The fraction of sp³-hybridized carbons (Fsp3) is 0.190. The summed E-state index contributed by atoms with van der Waals surface area (Å²) in [6.07, 6.45) is -1.59. The minimum absolute atomic E-state index is 0.228. The van der Waals surface area contributed by atoms with Crippen LogP contribution in [0.4, 0.5) is 13.2 Å².